The number of carbonyl (C=O) groups excluding carboxylic acids is 1. The van der Waals surface area contributed by atoms with Gasteiger partial charge < -0.3 is 9.64 Å². The van der Waals surface area contributed by atoms with Crippen LogP contribution >= 0.6 is 0 Å². The third-order valence-electron chi connectivity index (χ3n) is 4.48. The molecule has 6 nitrogen and oxygen atoms in total. The Morgan fingerprint density at radius 3 is 2.30 bits per heavy atom. The molecule has 0 unspecified atom stereocenters. The second-order valence-corrected chi connectivity index (χ2v) is 8.16. The number of amides is 1. The van der Waals surface area contributed by atoms with Crippen LogP contribution in [0.15, 0.2) is 59.5 Å². The smallest absolute Gasteiger partial charge is 0.410 e. The summed E-state index contributed by atoms with van der Waals surface area (Å²) in [5, 5.41) is 0. The van der Waals surface area contributed by atoms with Gasteiger partial charge in [0.25, 0.3) is 10.1 Å². The lowest BCUT2D eigenvalue weighted by atomic mass is 10.1. The molecule has 1 aliphatic heterocycles. The molecule has 7 heteroatoms. The number of likely N-dealkylation sites (tertiary alicyclic amines) is 1. The van der Waals surface area contributed by atoms with Crippen LogP contribution in [0.2, 0.25) is 0 Å². The number of rotatable bonds is 5. The number of piperidine rings is 1. The molecule has 27 heavy (non-hydrogen) atoms. The predicted octanol–water partition coefficient (Wildman–Crippen LogP) is 3.50. The fraction of sp³-hybridized carbons (Fsp3) is 0.350. The van der Waals surface area contributed by atoms with Gasteiger partial charge in [0.15, 0.2) is 0 Å². The maximum absolute atomic E-state index is 12.4. The summed E-state index contributed by atoms with van der Waals surface area (Å²) >= 11 is 0. The Balaban J connectivity index is 1.48. The Morgan fingerprint density at radius 1 is 1.04 bits per heavy atom. The molecule has 0 saturated carbocycles. The SMILES string of the molecule is Cc1ccc(S(=O)(=O)OC2CCN(C(=O)OCc3ccccc3)CC2)cc1. The second-order valence-electron chi connectivity index (χ2n) is 6.59. The second kappa shape index (κ2) is 8.54. The van der Waals surface area contributed by atoms with Crippen LogP contribution in [0.4, 0.5) is 4.79 Å². The average molecular weight is 389 g/mol. The van der Waals surface area contributed by atoms with Crippen molar-refractivity contribution in [1.29, 1.82) is 0 Å². The summed E-state index contributed by atoms with van der Waals surface area (Å²) in [6.45, 7) is 2.92. The first-order valence-electron chi connectivity index (χ1n) is 8.89. The van der Waals surface area contributed by atoms with Gasteiger partial charge in [-0.15, -0.1) is 0 Å². The predicted molar refractivity (Wildman–Crippen MR) is 101 cm³/mol. The molecule has 1 aliphatic rings. The Kier molecular flexibility index (Phi) is 6.13. The zero-order valence-corrected chi connectivity index (χ0v) is 16.0. The van der Waals surface area contributed by atoms with Crippen molar-refractivity contribution in [3.05, 3.63) is 65.7 Å². The molecule has 0 aliphatic carbocycles. The van der Waals surface area contributed by atoms with Crippen LogP contribution in [0.1, 0.15) is 24.0 Å². The van der Waals surface area contributed by atoms with E-state index in [-0.39, 0.29) is 11.5 Å². The van der Waals surface area contributed by atoms with E-state index in [1.807, 2.05) is 37.3 Å². The summed E-state index contributed by atoms with van der Waals surface area (Å²) in [7, 11) is -3.80. The molecule has 1 fully saturated rings. The van der Waals surface area contributed by atoms with E-state index in [2.05, 4.69) is 0 Å². The summed E-state index contributed by atoms with van der Waals surface area (Å²) < 4.78 is 35.4. The molecule has 1 saturated heterocycles. The van der Waals surface area contributed by atoms with Crippen LogP contribution < -0.4 is 0 Å². The average Bonchev–Trinajstić information content (AvgIpc) is 2.67. The van der Waals surface area contributed by atoms with Gasteiger partial charge in [0, 0.05) is 13.1 Å². The lowest BCUT2D eigenvalue weighted by molar-refractivity contribution is 0.0658. The molecule has 144 valence electrons. The molecule has 2 aromatic carbocycles. The van der Waals surface area contributed by atoms with E-state index < -0.39 is 22.3 Å². The number of ether oxygens (including phenoxy) is 1. The van der Waals surface area contributed by atoms with Crippen LogP contribution in [-0.4, -0.2) is 38.6 Å². The van der Waals surface area contributed by atoms with Crippen LogP contribution in [0.5, 0.6) is 0 Å². The first kappa shape index (κ1) is 19.4. The molecule has 2 aromatic rings. The Labute approximate surface area is 159 Å². The molecule has 1 amide bonds. The van der Waals surface area contributed by atoms with E-state index in [9.17, 15) is 13.2 Å². The fourth-order valence-corrected chi connectivity index (χ4v) is 4.02. The molecular weight excluding hydrogens is 366 g/mol. The van der Waals surface area contributed by atoms with Gasteiger partial charge in [0.2, 0.25) is 0 Å². The minimum atomic E-state index is -3.80. The van der Waals surface area contributed by atoms with Crippen molar-refractivity contribution in [2.75, 3.05) is 13.1 Å². The summed E-state index contributed by atoms with van der Waals surface area (Å²) in [6, 6.07) is 16.0. The number of aryl methyl sites for hydroxylation is 1. The van der Waals surface area contributed by atoms with Crippen molar-refractivity contribution in [3.8, 4) is 0 Å². The summed E-state index contributed by atoms with van der Waals surface area (Å²) in [6.07, 6.45) is 0.0741. The maximum atomic E-state index is 12.4. The van der Waals surface area contributed by atoms with Gasteiger partial charge >= 0.3 is 6.09 Å². The monoisotopic (exact) mass is 389 g/mol. The van der Waals surface area contributed by atoms with E-state index in [0.717, 1.165) is 11.1 Å². The minimum Gasteiger partial charge on any atom is -0.445 e. The van der Waals surface area contributed by atoms with Crippen molar-refractivity contribution in [1.82, 2.24) is 4.90 Å². The van der Waals surface area contributed by atoms with Crippen LogP contribution in [-0.2, 0) is 25.6 Å². The number of nitrogens with zero attached hydrogens (tertiary/aromatic N) is 1. The first-order valence-corrected chi connectivity index (χ1v) is 10.3. The molecule has 0 bridgehead atoms. The van der Waals surface area contributed by atoms with Gasteiger partial charge in [-0.1, -0.05) is 48.0 Å². The van der Waals surface area contributed by atoms with Crippen molar-refractivity contribution in [3.63, 3.8) is 0 Å². The van der Waals surface area contributed by atoms with Gasteiger partial charge in [-0.3, -0.25) is 4.18 Å². The quantitative estimate of drug-likeness (QED) is 0.732. The third kappa shape index (κ3) is 5.30. The Bertz CT molecular complexity index is 857. The Hall–Kier alpha value is -2.38. The largest absolute Gasteiger partial charge is 0.445 e. The molecule has 0 spiro atoms. The molecule has 0 N–H and O–H groups in total. The summed E-state index contributed by atoms with van der Waals surface area (Å²) in [5.74, 6) is 0. The lowest BCUT2D eigenvalue weighted by Crippen LogP contribution is -2.41. The highest BCUT2D eigenvalue weighted by Crippen LogP contribution is 2.21. The zero-order valence-electron chi connectivity index (χ0n) is 15.2. The highest BCUT2D eigenvalue weighted by atomic mass is 32.2. The molecule has 0 radical (unpaired) electrons. The number of hydrogen-bond acceptors (Lipinski definition) is 5. The third-order valence-corrected chi connectivity index (χ3v) is 5.85. The Morgan fingerprint density at radius 2 is 1.67 bits per heavy atom. The van der Waals surface area contributed by atoms with Crippen LogP contribution in [0, 0.1) is 6.92 Å². The number of hydrogen-bond donors (Lipinski definition) is 0. The maximum Gasteiger partial charge on any atom is 0.410 e. The van der Waals surface area contributed by atoms with Crippen molar-refractivity contribution in [2.45, 2.75) is 37.4 Å². The summed E-state index contributed by atoms with van der Waals surface area (Å²) in [4.78, 5) is 13.9. The van der Waals surface area contributed by atoms with Gasteiger partial charge in [0.05, 0.1) is 11.0 Å². The van der Waals surface area contributed by atoms with E-state index >= 15 is 0 Å². The standard InChI is InChI=1S/C20H23NO5S/c1-16-7-9-19(10-8-16)27(23,24)26-18-11-13-21(14-12-18)20(22)25-15-17-5-3-2-4-6-17/h2-10,18H,11-15H2,1H3. The van der Waals surface area contributed by atoms with E-state index in [1.165, 1.54) is 0 Å². The minimum absolute atomic E-state index is 0.151. The molecule has 0 aromatic heterocycles. The number of benzene rings is 2. The lowest BCUT2D eigenvalue weighted by Gasteiger charge is -2.30. The van der Waals surface area contributed by atoms with Crippen molar-refractivity contribution in [2.24, 2.45) is 0 Å². The topological polar surface area (TPSA) is 72.9 Å². The van der Waals surface area contributed by atoms with Gasteiger partial charge in [0.1, 0.15) is 6.61 Å². The van der Waals surface area contributed by atoms with E-state index in [4.69, 9.17) is 8.92 Å². The number of carbonyl (C=O) groups is 1. The molecule has 1 heterocycles. The van der Waals surface area contributed by atoms with Crippen LogP contribution in [0.3, 0.4) is 0 Å². The molecule has 0 atom stereocenters. The van der Waals surface area contributed by atoms with Gasteiger partial charge in [-0.25, -0.2) is 4.79 Å². The van der Waals surface area contributed by atoms with Crippen LogP contribution in [0.25, 0.3) is 0 Å². The zero-order chi connectivity index (χ0) is 19.3. The molecule has 3 rings (SSSR count). The van der Waals surface area contributed by atoms with Gasteiger partial charge in [-0.05, 0) is 37.5 Å². The summed E-state index contributed by atoms with van der Waals surface area (Å²) in [5.41, 5.74) is 1.91. The highest BCUT2D eigenvalue weighted by Gasteiger charge is 2.28. The van der Waals surface area contributed by atoms with E-state index in [0.29, 0.717) is 25.9 Å². The first-order chi connectivity index (χ1) is 12.9. The van der Waals surface area contributed by atoms with Gasteiger partial charge in [-0.2, -0.15) is 8.42 Å². The fourth-order valence-electron chi connectivity index (χ4n) is 2.88. The normalized spacial score (nSPS) is 15.5. The molecular formula is C20H23NO5S. The van der Waals surface area contributed by atoms with Crippen molar-refractivity contribution < 1.29 is 22.1 Å². The van der Waals surface area contributed by atoms with E-state index in [1.54, 1.807) is 29.2 Å². The van der Waals surface area contributed by atoms with Crippen molar-refractivity contribution >= 4 is 16.2 Å². The highest BCUT2D eigenvalue weighted by molar-refractivity contribution is 7.86.